The maximum Gasteiger partial charge on any atom is 0.243 e. The fourth-order valence-corrected chi connectivity index (χ4v) is 4.01. The van der Waals surface area contributed by atoms with Crippen molar-refractivity contribution in [2.24, 2.45) is 0 Å². The van der Waals surface area contributed by atoms with Gasteiger partial charge >= 0.3 is 0 Å². The molecule has 0 N–H and O–H groups in total. The van der Waals surface area contributed by atoms with E-state index in [1.807, 2.05) is 19.1 Å². The quantitative estimate of drug-likeness (QED) is 0.837. The van der Waals surface area contributed by atoms with Gasteiger partial charge in [-0.25, -0.2) is 8.42 Å². The van der Waals surface area contributed by atoms with Crippen LogP contribution in [0.25, 0.3) is 0 Å². The number of methoxy groups -OCH3 is 1. The van der Waals surface area contributed by atoms with Crippen molar-refractivity contribution in [2.45, 2.75) is 30.7 Å². The largest absolute Gasteiger partial charge is 0.383 e. The van der Waals surface area contributed by atoms with E-state index < -0.39 is 10.0 Å². The summed E-state index contributed by atoms with van der Waals surface area (Å²) >= 11 is 0. The Balaban J connectivity index is 2.27. The van der Waals surface area contributed by atoms with Crippen molar-refractivity contribution in [2.75, 3.05) is 20.3 Å². The van der Waals surface area contributed by atoms with Crippen LogP contribution in [0.5, 0.6) is 0 Å². The van der Waals surface area contributed by atoms with Gasteiger partial charge in [0.05, 0.1) is 11.5 Å². The third kappa shape index (κ3) is 2.58. The van der Waals surface area contributed by atoms with E-state index in [9.17, 15) is 8.42 Å². The summed E-state index contributed by atoms with van der Waals surface area (Å²) in [5, 5.41) is 0. The standard InChI is InChI=1S/C13H19NO3S/c1-11-5-7-13(8-6-11)18(15,16)14-9-3-4-12(14)10-17-2/h5-8,12H,3-4,9-10H2,1-2H3/t12-/m1/s1. The van der Waals surface area contributed by atoms with Crippen LogP contribution in [0.3, 0.4) is 0 Å². The predicted octanol–water partition coefficient (Wildman–Crippen LogP) is 1.79. The molecule has 2 rings (SSSR count). The third-order valence-electron chi connectivity index (χ3n) is 3.31. The highest BCUT2D eigenvalue weighted by Crippen LogP contribution is 2.26. The molecule has 1 aliphatic heterocycles. The van der Waals surface area contributed by atoms with Crippen LogP contribution in [0.15, 0.2) is 29.2 Å². The predicted molar refractivity (Wildman–Crippen MR) is 70.0 cm³/mol. The first-order chi connectivity index (χ1) is 8.55. The Morgan fingerprint density at radius 1 is 1.33 bits per heavy atom. The third-order valence-corrected chi connectivity index (χ3v) is 5.28. The fourth-order valence-electron chi connectivity index (χ4n) is 2.33. The van der Waals surface area contributed by atoms with Crippen molar-refractivity contribution < 1.29 is 13.2 Å². The van der Waals surface area contributed by atoms with E-state index in [4.69, 9.17) is 4.74 Å². The number of ether oxygens (including phenoxy) is 1. The summed E-state index contributed by atoms with van der Waals surface area (Å²) in [6, 6.07) is 6.98. The Hall–Kier alpha value is -0.910. The number of hydrogen-bond acceptors (Lipinski definition) is 3. The number of benzene rings is 1. The number of hydrogen-bond donors (Lipinski definition) is 0. The highest BCUT2D eigenvalue weighted by molar-refractivity contribution is 7.89. The summed E-state index contributed by atoms with van der Waals surface area (Å²) in [5.74, 6) is 0. The normalized spacial score (nSPS) is 21.3. The lowest BCUT2D eigenvalue weighted by Gasteiger charge is -2.23. The van der Waals surface area contributed by atoms with Crippen LogP contribution in [0.1, 0.15) is 18.4 Å². The minimum absolute atomic E-state index is 0.0266. The molecule has 1 atom stereocenters. The van der Waals surface area contributed by atoms with Crippen molar-refractivity contribution in [1.82, 2.24) is 4.31 Å². The van der Waals surface area contributed by atoms with Gasteiger partial charge in [-0.2, -0.15) is 4.31 Å². The maximum absolute atomic E-state index is 12.5. The highest BCUT2D eigenvalue weighted by Gasteiger charge is 2.34. The summed E-state index contributed by atoms with van der Waals surface area (Å²) in [6.07, 6.45) is 1.78. The first kappa shape index (κ1) is 13.5. The van der Waals surface area contributed by atoms with E-state index in [1.54, 1.807) is 23.5 Å². The lowest BCUT2D eigenvalue weighted by atomic mass is 10.2. The number of nitrogens with zero attached hydrogens (tertiary/aromatic N) is 1. The van der Waals surface area contributed by atoms with Gasteiger partial charge in [-0.05, 0) is 31.9 Å². The Bertz CT molecular complexity index is 495. The smallest absolute Gasteiger partial charge is 0.243 e. The molecule has 5 heteroatoms. The summed E-state index contributed by atoms with van der Waals surface area (Å²) in [5.41, 5.74) is 1.06. The molecule has 1 saturated heterocycles. The topological polar surface area (TPSA) is 46.6 Å². The Morgan fingerprint density at radius 3 is 2.61 bits per heavy atom. The lowest BCUT2D eigenvalue weighted by Crippen LogP contribution is -2.38. The monoisotopic (exact) mass is 269 g/mol. The molecule has 4 nitrogen and oxygen atoms in total. The molecule has 0 bridgehead atoms. The second kappa shape index (κ2) is 5.38. The van der Waals surface area contributed by atoms with E-state index >= 15 is 0 Å². The van der Waals surface area contributed by atoms with Crippen molar-refractivity contribution in [3.05, 3.63) is 29.8 Å². The van der Waals surface area contributed by atoms with Crippen molar-refractivity contribution >= 4 is 10.0 Å². The Morgan fingerprint density at radius 2 is 2.00 bits per heavy atom. The number of rotatable bonds is 4. The number of aryl methyl sites for hydroxylation is 1. The Labute approximate surface area is 109 Å². The second-order valence-electron chi connectivity index (χ2n) is 4.68. The van der Waals surface area contributed by atoms with Crippen LogP contribution < -0.4 is 0 Å². The Kier molecular flexibility index (Phi) is 4.04. The summed E-state index contributed by atoms with van der Waals surface area (Å²) in [4.78, 5) is 0.371. The van der Waals surface area contributed by atoms with Gasteiger partial charge in [0.15, 0.2) is 0 Å². The van der Waals surface area contributed by atoms with E-state index in [-0.39, 0.29) is 6.04 Å². The molecular weight excluding hydrogens is 250 g/mol. The maximum atomic E-state index is 12.5. The van der Waals surface area contributed by atoms with E-state index in [2.05, 4.69) is 0 Å². The van der Waals surface area contributed by atoms with Gasteiger partial charge in [0, 0.05) is 19.7 Å². The minimum Gasteiger partial charge on any atom is -0.383 e. The second-order valence-corrected chi connectivity index (χ2v) is 6.57. The van der Waals surface area contributed by atoms with Gasteiger partial charge < -0.3 is 4.74 Å². The minimum atomic E-state index is -3.37. The van der Waals surface area contributed by atoms with Crippen LogP contribution >= 0.6 is 0 Å². The molecule has 0 aliphatic carbocycles. The molecule has 0 radical (unpaired) electrons. The molecule has 1 heterocycles. The zero-order chi connectivity index (χ0) is 13.2. The molecule has 0 saturated carbocycles. The molecule has 1 aromatic carbocycles. The molecule has 1 fully saturated rings. The number of sulfonamides is 1. The lowest BCUT2D eigenvalue weighted by molar-refractivity contribution is 0.149. The molecule has 1 aromatic rings. The van der Waals surface area contributed by atoms with Crippen LogP contribution in [0.2, 0.25) is 0 Å². The van der Waals surface area contributed by atoms with Crippen molar-refractivity contribution in [3.8, 4) is 0 Å². The molecule has 0 amide bonds. The summed E-state index contributed by atoms with van der Waals surface area (Å²) in [7, 11) is -1.77. The van der Waals surface area contributed by atoms with Gasteiger partial charge in [0.25, 0.3) is 0 Å². The molecule has 0 unspecified atom stereocenters. The van der Waals surface area contributed by atoms with Crippen LogP contribution in [0, 0.1) is 6.92 Å². The van der Waals surface area contributed by atoms with Gasteiger partial charge in [0.2, 0.25) is 10.0 Å². The van der Waals surface area contributed by atoms with Crippen LogP contribution in [-0.4, -0.2) is 39.0 Å². The molecular formula is C13H19NO3S. The van der Waals surface area contributed by atoms with Gasteiger partial charge in [0.1, 0.15) is 0 Å². The average Bonchev–Trinajstić information content (AvgIpc) is 2.79. The highest BCUT2D eigenvalue weighted by atomic mass is 32.2. The van der Waals surface area contributed by atoms with Crippen molar-refractivity contribution in [1.29, 1.82) is 0 Å². The van der Waals surface area contributed by atoms with Crippen molar-refractivity contribution in [3.63, 3.8) is 0 Å². The van der Waals surface area contributed by atoms with Crippen LogP contribution in [0.4, 0.5) is 0 Å². The first-order valence-electron chi connectivity index (χ1n) is 6.13. The zero-order valence-corrected chi connectivity index (χ0v) is 11.6. The van der Waals surface area contributed by atoms with Gasteiger partial charge in [-0.1, -0.05) is 17.7 Å². The van der Waals surface area contributed by atoms with E-state index in [0.717, 1.165) is 18.4 Å². The average molecular weight is 269 g/mol. The fraction of sp³-hybridized carbons (Fsp3) is 0.538. The zero-order valence-electron chi connectivity index (χ0n) is 10.8. The first-order valence-corrected chi connectivity index (χ1v) is 7.57. The summed E-state index contributed by atoms with van der Waals surface area (Å²) in [6.45, 7) is 3.00. The molecule has 0 spiro atoms. The van der Waals surface area contributed by atoms with Crippen LogP contribution in [-0.2, 0) is 14.8 Å². The SMILES string of the molecule is COC[C@H]1CCCN1S(=O)(=O)c1ccc(C)cc1. The molecule has 18 heavy (non-hydrogen) atoms. The van der Waals surface area contributed by atoms with E-state index in [0.29, 0.717) is 18.0 Å². The molecule has 1 aliphatic rings. The molecule has 0 aromatic heterocycles. The summed E-state index contributed by atoms with van der Waals surface area (Å²) < 4.78 is 31.7. The van der Waals surface area contributed by atoms with E-state index in [1.165, 1.54) is 0 Å². The van der Waals surface area contributed by atoms with Gasteiger partial charge in [-0.15, -0.1) is 0 Å². The molecule has 100 valence electrons. The van der Waals surface area contributed by atoms with Gasteiger partial charge in [-0.3, -0.25) is 0 Å².